The van der Waals surface area contributed by atoms with Crippen LogP contribution in [0.15, 0.2) is 72.8 Å². The Kier molecular flexibility index (Phi) is 9.55. The molecular weight excluding hydrogens is 534 g/mol. The van der Waals surface area contributed by atoms with E-state index in [2.05, 4.69) is 119 Å². The molecule has 1 aliphatic rings. The lowest BCUT2D eigenvalue weighted by Crippen LogP contribution is -2.29. The molecule has 4 aromatic carbocycles. The zero-order valence-corrected chi connectivity index (χ0v) is 26.8. The number of hydrogen-bond acceptors (Lipinski definition) is 5. The van der Waals surface area contributed by atoms with Gasteiger partial charge in [-0.1, -0.05) is 71.8 Å². The molecule has 43 heavy (non-hydrogen) atoms. The number of fused-ring (bicyclic) bond motifs is 3. The van der Waals surface area contributed by atoms with Gasteiger partial charge in [0, 0.05) is 21.2 Å². The van der Waals surface area contributed by atoms with E-state index in [-0.39, 0.29) is 0 Å². The Morgan fingerprint density at radius 3 is 1.72 bits per heavy atom. The molecule has 0 N–H and O–H groups in total. The molecule has 226 valence electrons. The fourth-order valence-corrected chi connectivity index (χ4v) is 6.22. The molecule has 0 aromatic heterocycles. The fourth-order valence-electron chi connectivity index (χ4n) is 6.22. The first-order valence-corrected chi connectivity index (χ1v) is 15.2. The number of hydrogen-bond donors (Lipinski definition) is 0. The summed E-state index contributed by atoms with van der Waals surface area (Å²) in [6.45, 7) is 11.9. The Labute approximate surface area is 257 Å². The van der Waals surface area contributed by atoms with Crippen molar-refractivity contribution in [2.75, 3.05) is 65.7 Å². The van der Waals surface area contributed by atoms with Crippen LogP contribution in [-0.2, 0) is 19.6 Å². The van der Waals surface area contributed by atoms with E-state index in [1.165, 1.54) is 55.6 Å². The van der Waals surface area contributed by atoms with Gasteiger partial charge >= 0.3 is 0 Å². The quantitative estimate of drug-likeness (QED) is 0.136. The van der Waals surface area contributed by atoms with Gasteiger partial charge in [-0.05, 0) is 84.3 Å². The summed E-state index contributed by atoms with van der Waals surface area (Å²) in [7, 11) is 5.79. The third-order valence-electron chi connectivity index (χ3n) is 8.55. The molecule has 1 aliphatic carbocycles. The van der Waals surface area contributed by atoms with E-state index < -0.39 is 5.41 Å². The molecule has 5 heteroatoms. The molecule has 0 atom stereocenters. The smallest absolute Gasteiger partial charge is 0.143 e. The number of rotatable bonds is 13. The number of nitrogens with zero attached hydrogens (tertiary/aromatic N) is 1. The minimum Gasteiger partial charge on any atom is -0.489 e. The molecule has 0 spiro atoms. The maximum Gasteiger partial charge on any atom is 0.143 e. The van der Waals surface area contributed by atoms with E-state index in [1.807, 2.05) is 0 Å². The molecule has 0 saturated heterocycles. The van der Waals surface area contributed by atoms with Crippen LogP contribution in [0, 0.1) is 27.7 Å². The largest absolute Gasteiger partial charge is 0.489 e. The third kappa shape index (κ3) is 6.08. The summed E-state index contributed by atoms with van der Waals surface area (Å²) >= 11 is 0. The van der Waals surface area contributed by atoms with Crippen LogP contribution in [0.1, 0.15) is 44.5 Å². The van der Waals surface area contributed by atoms with Crippen LogP contribution in [0.3, 0.4) is 0 Å². The highest BCUT2D eigenvalue weighted by Crippen LogP contribution is 2.57. The molecule has 0 fully saturated rings. The molecule has 0 heterocycles. The van der Waals surface area contributed by atoms with Gasteiger partial charge in [0.05, 0.1) is 44.1 Å². The number of methoxy groups -OCH3 is 1. The average molecular weight is 580 g/mol. The van der Waals surface area contributed by atoms with Gasteiger partial charge in [-0.15, -0.1) is 0 Å². The average Bonchev–Trinajstić information content (AvgIpc) is 3.26. The molecule has 0 amide bonds. The van der Waals surface area contributed by atoms with Crippen molar-refractivity contribution in [3.63, 3.8) is 0 Å². The van der Waals surface area contributed by atoms with Gasteiger partial charge in [0.2, 0.25) is 0 Å². The van der Waals surface area contributed by atoms with E-state index in [9.17, 15) is 0 Å². The lowest BCUT2D eigenvalue weighted by atomic mass is 9.67. The third-order valence-corrected chi connectivity index (χ3v) is 8.55. The Morgan fingerprint density at radius 2 is 1.14 bits per heavy atom. The highest BCUT2D eigenvalue weighted by molar-refractivity contribution is 5.87. The van der Waals surface area contributed by atoms with Gasteiger partial charge in [0.15, 0.2) is 0 Å². The molecule has 0 unspecified atom stereocenters. The number of anilines is 1. The zero-order chi connectivity index (χ0) is 30.6. The number of benzene rings is 4. The molecule has 5 nitrogen and oxygen atoms in total. The van der Waals surface area contributed by atoms with Gasteiger partial charge in [-0.25, -0.2) is 0 Å². The molecule has 0 saturated carbocycles. The second kappa shape index (κ2) is 13.3. The first-order chi connectivity index (χ1) is 20.8. The van der Waals surface area contributed by atoms with E-state index in [0.29, 0.717) is 39.6 Å². The first kappa shape index (κ1) is 30.8. The van der Waals surface area contributed by atoms with Crippen LogP contribution in [0.5, 0.6) is 5.75 Å². The number of aryl methyl sites for hydroxylation is 4. The van der Waals surface area contributed by atoms with Crippen LogP contribution < -0.4 is 9.64 Å². The Bertz CT molecular complexity index is 1520. The van der Waals surface area contributed by atoms with Crippen LogP contribution in [0.4, 0.5) is 5.69 Å². The van der Waals surface area contributed by atoms with E-state index >= 15 is 0 Å². The summed E-state index contributed by atoms with van der Waals surface area (Å²) in [6, 6.07) is 27.5. The summed E-state index contributed by atoms with van der Waals surface area (Å²) in [5.41, 5.74) is 13.3. The predicted molar refractivity (Wildman–Crippen MR) is 176 cm³/mol. The predicted octanol–water partition coefficient (Wildman–Crippen LogP) is 7.41. The zero-order valence-electron chi connectivity index (χ0n) is 26.8. The SMILES string of the molecule is COCCOCCOCCOc1cc(C2(c3ccc(C)c(C)c3)c3cc(C)ccc3-c3ccc(C)cc32)ccc1N(C)C. The van der Waals surface area contributed by atoms with Crippen molar-refractivity contribution in [1.82, 2.24) is 0 Å². The minimum atomic E-state index is -0.486. The maximum absolute atomic E-state index is 6.46. The van der Waals surface area contributed by atoms with Gasteiger partial charge in [0.25, 0.3) is 0 Å². The van der Waals surface area contributed by atoms with Gasteiger partial charge < -0.3 is 23.8 Å². The molecule has 4 aromatic rings. The lowest BCUT2D eigenvalue weighted by molar-refractivity contribution is 0.0180. The van der Waals surface area contributed by atoms with Crippen molar-refractivity contribution in [2.45, 2.75) is 33.1 Å². The topological polar surface area (TPSA) is 40.2 Å². The van der Waals surface area contributed by atoms with Crippen LogP contribution in [0.25, 0.3) is 11.1 Å². The summed E-state index contributed by atoms with van der Waals surface area (Å²) in [5, 5.41) is 0. The first-order valence-electron chi connectivity index (χ1n) is 15.2. The minimum absolute atomic E-state index is 0.449. The fraction of sp³-hybridized carbons (Fsp3) is 0.368. The molecule has 0 aliphatic heterocycles. The van der Waals surface area contributed by atoms with Crippen molar-refractivity contribution >= 4 is 5.69 Å². The van der Waals surface area contributed by atoms with E-state index in [0.717, 1.165) is 11.4 Å². The maximum atomic E-state index is 6.46. The summed E-state index contributed by atoms with van der Waals surface area (Å²) in [4.78, 5) is 2.11. The van der Waals surface area contributed by atoms with Crippen LogP contribution in [0.2, 0.25) is 0 Å². The summed E-state index contributed by atoms with van der Waals surface area (Å²) < 4.78 is 22.8. The van der Waals surface area contributed by atoms with Crippen molar-refractivity contribution < 1.29 is 18.9 Å². The van der Waals surface area contributed by atoms with Gasteiger partial charge in [-0.2, -0.15) is 0 Å². The monoisotopic (exact) mass is 579 g/mol. The molecule has 5 rings (SSSR count). The Morgan fingerprint density at radius 1 is 0.581 bits per heavy atom. The van der Waals surface area contributed by atoms with Crippen molar-refractivity contribution in [1.29, 1.82) is 0 Å². The highest BCUT2D eigenvalue weighted by Gasteiger charge is 2.46. The van der Waals surface area contributed by atoms with Gasteiger partial charge in [0.1, 0.15) is 12.4 Å². The standard InChI is InChI=1S/C38H45NO4/c1-26-8-13-32-33-14-9-27(2)23-35(33)38(34(32)22-26,30-11-10-28(3)29(4)24-30)31-12-15-36(39(5)6)37(25-31)43-21-20-42-19-18-41-17-16-40-7/h8-15,22-25H,16-21H2,1-7H3. The van der Waals surface area contributed by atoms with E-state index in [1.54, 1.807) is 7.11 Å². The highest BCUT2D eigenvalue weighted by atomic mass is 16.6. The lowest BCUT2D eigenvalue weighted by Gasteiger charge is -2.35. The molecule has 0 bridgehead atoms. The van der Waals surface area contributed by atoms with Crippen LogP contribution >= 0.6 is 0 Å². The Hall–Kier alpha value is -3.64. The number of ether oxygens (including phenoxy) is 4. The molecule has 0 radical (unpaired) electrons. The summed E-state index contributed by atoms with van der Waals surface area (Å²) in [6.07, 6.45) is 0. The second-order valence-electron chi connectivity index (χ2n) is 11.8. The normalized spacial score (nSPS) is 13.1. The van der Waals surface area contributed by atoms with Crippen molar-refractivity contribution in [3.05, 3.63) is 117 Å². The van der Waals surface area contributed by atoms with Crippen molar-refractivity contribution in [3.8, 4) is 16.9 Å². The summed E-state index contributed by atoms with van der Waals surface area (Å²) in [5.74, 6) is 0.848. The van der Waals surface area contributed by atoms with Gasteiger partial charge in [-0.3, -0.25) is 0 Å². The van der Waals surface area contributed by atoms with Crippen molar-refractivity contribution in [2.24, 2.45) is 0 Å². The Balaban J connectivity index is 1.59. The van der Waals surface area contributed by atoms with E-state index in [4.69, 9.17) is 18.9 Å². The molecular formula is C38H45NO4. The van der Waals surface area contributed by atoms with Crippen LogP contribution in [-0.4, -0.2) is 60.8 Å². The second-order valence-corrected chi connectivity index (χ2v) is 11.8.